The average Bonchev–Trinajstić information content (AvgIpc) is 3.08. The number of hydrogen-bond donors (Lipinski definition) is 0. The van der Waals surface area contributed by atoms with Crippen molar-refractivity contribution in [2.75, 3.05) is 14.2 Å². The van der Waals surface area contributed by atoms with Crippen LogP contribution >= 0.6 is 0 Å². The van der Waals surface area contributed by atoms with E-state index >= 15 is 0 Å². The summed E-state index contributed by atoms with van der Waals surface area (Å²) in [7, 11) is 3.22. The fourth-order valence-electron chi connectivity index (χ4n) is 3.14. The Morgan fingerprint density at radius 2 is 1.89 bits per heavy atom. The zero-order valence-corrected chi connectivity index (χ0v) is 16.7. The van der Waals surface area contributed by atoms with E-state index in [1.165, 1.54) is 0 Å². The Balaban J connectivity index is 1.62. The second-order valence-electron chi connectivity index (χ2n) is 7.85. The molecule has 27 heavy (non-hydrogen) atoms. The van der Waals surface area contributed by atoms with Gasteiger partial charge in [0, 0.05) is 30.1 Å². The Hall–Kier alpha value is -2.63. The summed E-state index contributed by atoms with van der Waals surface area (Å²) in [6, 6.07) is 5.76. The van der Waals surface area contributed by atoms with Gasteiger partial charge in [0.2, 0.25) is 5.91 Å². The molecule has 1 aromatic carbocycles. The van der Waals surface area contributed by atoms with E-state index in [2.05, 4.69) is 30.7 Å². The standard InChI is InChI=1S/C21H27N3O3/c1-21(2,3)20-22-11-15-12-24(13-16(15)23-20)19(25)9-7-14-6-8-17(26-4)18(10-14)27-5/h6,8,10-11H,7,9,12-13H2,1-5H3. The molecule has 144 valence electrons. The van der Waals surface area contributed by atoms with E-state index in [-0.39, 0.29) is 11.3 Å². The lowest BCUT2D eigenvalue weighted by molar-refractivity contribution is -0.131. The van der Waals surface area contributed by atoms with Crippen LogP contribution in [0.2, 0.25) is 0 Å². The molecule has 6 nitrogen and oxygen atoms in total. The molecule has 0 bridgehead atoms. The smallest absolute Gasteiger partial charge is 0.223 e. The predicted octanol–water partition coefficient (Wildman–Crippen LogP) is 3.27. The van der Waals surface area contributed by atoms with Crippen LogP contribution in [0.3, 0.4) is 0 Å². The first-order chi connectivity index (χ1) is 12.8. The van der Waals surface area contributed by atoms with Gasteiger partial charge in [-0.05, 0) is 24.1 Å². The molecule has 0 spiro atoms. The fraction of sp³-hybridized carbons (Fsp3) is 0.476. The minimum absolute atomic E-state index is 0.0973. The summed E-state index contributed by atoms with van der Waals surface area (Å²) in [4.78, 5) is 23.7. The second-order valence-corrected chi connectivity index (χ2v) is 7.85. The summed E-state index contributed by atoms with van der Waals surface area (Å²) in [6.45, 7) is 7.43. The van der Waals surface area contributed by atoms with Crippen molar-refractivity contribution < 1.29 is 14.3 Å². The third-order valence-electron chi connectivity index (χ3n) is 4.76. The maximum absolute atomic E-state index is 12.7. The van der Waals surface area contributed by atoms with Crippen molar-refractivity contribution in [3.63, 3.8) is 0 Å². The Bertz CT molecular complexity index is 843. The van der Waals surface area contributed by atoms with Crippen molar-refractivity contribution in [2.24, 2.45) is 0 Å². The molecule has 1 aliphatic heterocycles. The first kappa shape index (κ1) is 19.1. The molecule has 0 N–H and O–H groups in total. The molecule has 0 unspecified atom stereocenters. The molecular formula is C21H27N3O3. The van der Waals surface area contributed by atoms with Crippen LogP contribution in [0.1, 0.15) is 49.8 Å². The molecule has 0 aliphatic carbocycles. The van der Waals surface area contributed by atoms with Gasteiger partial charge in [0.25, 0.3) is 0 Å². The van der Waals surface area contributed by atoms with Crippen LogP contribution in [0.5, 0.6) is 11.5 Å². The van der Waals surface area contributed by atoms with E-state index in [4.69, 9.17) is 9.47 Å². The van der Waals surface area contributed by atoms with Gasteiger partial charge in [-0.25, -0.2) is 9.97 Å². The maximum atomic E-state index is 12.7. The molecule has 0 fully saturated rings. The van der Waals surface area contributed by atoms with E-state index < -0.39 is 0 Å². The van der Waals surface area contributed by atoms with Gasteiger partial charge in [0.1, 0.15) is 5.82 Å². The highest BCUT2D eigenvalue weighted by Crippen LogP contribution is 2.29. The van der Waals surface area contributed by atoms with Crippen LogP contribution in [0, 0.1) is 0 Å². The van der Waals surface area contributed by atoms with Crippen molar-refractivity contribution in [3.8, 4) is 11.5 Å². The highest BCUT2D eigenvalue weighted by molar-refractivity contribution is 5.77. The number of methoxy groups -OCH3 is 2. The number of carbonyl (C=O) groups is 1. The summed E-state index contributed by atoms with van der Waals surface area (Å²) >= 11 is 0. The summed E-state index contributed by atoms with van der Waals surface area (Å²) < 4.78 is 10.6. The van der Waals surface area contributed by atoms with Gasteiger partial charge in [0.05, 0.1) is 26.5 Å². The van der Waals surface area contributed by atoms with Gasteiger partial charge in [-0.3, -0.25) is 4.79 Å². The maximum Gasteiger partial charge on any atom is 0.223 e. The Kier molecular flexibility index (Phi) is 5.35. The Morgan fingerprint density at radius 1 is 1.15 bits per heavy atom. The van der Waals surface area contributed by atoms with Crippen molar-refractivity contribution in [1.82, 2.24) is 14.9 Å². The fourth-order valence-corrected chi connectivity index (χ4v) is 3.14. The molecule has 0 saturated carbocycles. The van der Waals surface area contributed by atoms with Crippen LogP contribution in [0.4, 0.5) is 0 Å². The van der Waals surface area contributed by atoms with Crippen LogP contribution in [0.25, 0.3) is 0 Å². The van der Waals surface area contributed by atoms with Gasteiger partial charge < -0.3 is 14.4 Å². The van der Waals surface area contributed by atoms with Crippen molar-refractivity contribution >= 4 is 5.91 Å². The number of aromatic nitrogens is 2. The molecule has 6 heteroatoms. The number of carbonyl (C=O) groups excluding carboxylic acids is 1. The summed E-state index contributed by atoms with van der Waals surface area (Å²) in [5.41, 5.74) is 2.96. The predicted molar refractivity (Wildman–Crippen MR) is 103 cm³/mol. The normalized spacial score (nSPS) is 13.4. The van der Waals surface area contributed by atoms with Gasteiger partial charge >= 0.3 is 0 Å². The average molecular weight is 369 g/mol. The first-order valence-corrected chi connectivity index (χ1v) is 9.15. The highest BCUT2D eigenvalue weighted by atomic mass is 16.5. The Morgan fingerprint density at radius 3 is 2.56 bits per heavy atom. The molecule has 0 atom stereocenters. The zero-order valence-electron chi connectivity index (χ0n) is 16.7. The lowest BCUT2D eigenvalue weighted by atomic mass is 9.95. The molecule has 0 saturated heterocycles. The van der Waals surface area contributed by atoms with Crippen molar-refractivity contribution in [3.05, 3.63) is 47.0 Å². The second kappa shape index (κ2) is 7.55. The van der Waals surface area contributed by atoms with E-state index in [0.717, 1.165) is 22.6 Å². The van der Waals surface area contributed by atoms with E-state index in [9.17, 15) is 4.79 Å². The lowest BCUT2D eigenvalue weighted by Crippen LogP contribution is -2.25. The summed E-state index contributed by atoms with van der Waals surface area (Å²) in [5, 5.41) is 0. The number of ether oxygens (including phenoxy) is 2. The molecule has 2 heterocycles. The first-order valence-electron chi connectivity index (χ1n) is 9.15. The molecule has 3 rings (SSSR count). The van der Waals surface area contributed by atoms with Gasteiger partial charge in [-0.1, -0.05) is 26.8 Å². The van der Waals surface area contributed by atoms with E-state index in [0.29, 0.717) is 37.4 Å². The molecule has 2 aromatic rings. The van der Waals surface area contributed by atoms with Crippen molar-refractivity contribution in [2.45, 2.75) is 52.1 Å². The molecule has 1 aromatic heterocycles. The third kappa shape index (κ3) is 4.21. The van der Waals surface area contributed by atoms with E-state index in [1.54, 1.807) is 14.2 Å². The number of hydrogen-bond acceptors (Lipinski definition) is 5. The van der Waals surface area contributed by atoms with Gasteiger partial charge in [-0.2, -0.15) is 0 Å². The van der Waals surface area contributed by atoms with Crippen LogP contribution in [-0.4, -0.2) is 35.0 Å². The van der Waals surface area contributed by atoms with Gasteiger partial charge in [0.15, 0.2) is 11.5 Å². The highest BCUT2D eigenvalue weighted by Gasteiger charge is 2.27. The summed E-state index contributed by atoms with van der Waals surface area (Å²) in [5.74, 6) is 2.32. The topological polar surface area (TPSA) is 64.5 Å². The molecule has 1 amide bonds. The minimum Gasteiger partial charge on any atom is -0.493 e. The number of benzene rings is 1. The van der Waals surface area contributed by atoms with E-state index in [1.807, 2.05) is 29.3 Å². The monoisotopic (exact) mass is 369 g/mol. The number of rotatable bonds is 5. The minimum atomic E-state index is -0.0973. The molecule has 1 aliphatic rings. The van der Waals surface area contributed by atoms with Gasteiger partial charge in [-0.15, -0.1) is 0 Å². The molecular weight excluding hydrogens is 342 g/mol. The summed E-state index contributed by atoms with van der Waals surface area (Å²) in [6.07, 6.45) is 2.97. The quantitative estimate of drug-likeness (QED) is 0.809. The Labute approximate surface area is 160 Å². The van der Waals surface area contributed by atoms with Crippen LogP contribution < -0.4 is 9.47 Å². The third-order valence-corrected chi connectivity index (χ3v) is 4.76. The zero-order chi connectivity index (χ0) is 19.6. The molecule has 0 radical (unpaired) electrons. The number of amides is 1. The lowest BCUT2D eigenvalue weighted by Gasteiger charge is -2.16. The van der Waals surface area contributed by atoms with Crippen LogP contribution in [0.15, 0.2) is 24.4 Å². The number of nitrogens with zero attached hydrogens (tertiary/aromatic N) is 3. The number of aryl methyl sites for hydroxylation is 1. The van der Waals surface area contributed by atoms with Crippen LogP contribution in [-0.2, 0) is 29.7 Å². The number of fused-ring (bicyclic) bond motifs is 1. The SMILES string of the molecule is COc1ccc(CCC(=O)N2Cc3cnc(C(C)(C)C)nc3C2)cc1OC. The van der Waals surface area contributed by atoms with Crippen molar-refractivity contribution in [1.29, 1.82) is 0 Å². The largest absolute Gasteiger partial charge is 0.493 e.